The number of phenols is 1. The van der Waals surface area contributed by atoms with Crippen LogP contribution in [0.5, 0.6) is 5.75 Å². The van der Waals surface area contributed by atoms with Crippen molar-refractivity contribution in [3.05, 3.63) is 53.8 Å². The second-order valence-corrected chi connectivity index (χ2v) is 4.27. The third-order valence-corrected chi connectivity index (χ3v) is 3.00. The minimum atomic E-state index is -0.385. The molecule has 3 N–H and O–H groups in total. The van der Waals surface area contributed by atoms with Gasteiger partial charge in [-0.15, -0.1) is 0 Å². The summed E-state index contributed by atoms with van der Waals surface area (Å²) in [4.78, 5) is 13.9. The molecule has 0 aliphatic heterocycles. The summed E-state index contributed by atoms with van der Waals surface area (Å²) >= 11 is 0. The van der Waals surface area contributed by atoms with Gasteiger partial charge < -0.3 is 15.7 Å². The van der Waals surface area contributed by atoms with Crippen LogP contribution in [0.2, 0.25) is 0 Å². The number of hydrogen-bond donors (Lipinski definition) is 2. The Morgan fingerprint density at radius 1 is 1.25 bits per heavy atom. The highest BCUT2D eigenvalue weighted by molar-refractivity contribution is 6.08. The summed E-state index contributed by atoms with van der Waals surface area (Å²) in [6, 6.07) is 10.2. The topological polar surface area (TPSA) is 66.6 Å². The number of amides is 1. The number of halogens is 1. The van der Waals surface area contributed by atoms with Gasteiger partial charge in [-0.3, -0.25) is 4.79 Å². The molecule has 0 saturated carbocycles. The van der Waals surface area contributed by atoms with Crippen molar-refractivity contribution in [3.8, 4) is 5.75 Å². The van der Waals surface area contributed by atoms with Crippen LogP contribution in [0, 0.1) is 5.82 Å². The first-order valence-corrected chi connectivity index (χ1v) is 6.19. The molecule has 0 aromatic heterocycles. The van der Waals surface area contributed by atoms with E-state index < -0.39 is 0 Å². The lowest BCUT2D eigenvalue weighted by Crippen LogP contribution is -2.30. The lowest BCUT2D eigenvalue weighted by Gasteiger charge is -2.21. The summed E-state index contributed by atoms with van der Waals surface area (Å²) in [5, 5.41) is 9.87. The molecule has 0 atom stereocenters. The predicted molar refractivity (Wildman–Crippen MR) is 76.3 cm³/mol. The van der Waals surface area contributed by atoms with E-state index in [1.54, 1.807) is 13.0 Å². The largest absolute Gasteiger partial charge is 0.505 e. The van der Waals surface area contributed by atoms with E-state index in [0.29, 0.717) is 12.2 Å². The van der Waals surface area contributed by atoms with Crippen LogP contribution in [0.3, 0.4) is 0 Å². The third kappa shape index (κ3) is 2.56. The Morgan fingerprint density at radius 3 is 2.50 bits per heavy atom. The molecule has 0 unspecified atom stereocenters. The second kappa shape index (κ2) is 5.61. The van der Waals surface area contributed by atoms with Gasteiger partial charge in [-0.1, -0.05) is 6.07 Å². The van der Waals surface area contributed by atoms with Gasteiger partial charge >= 0.3 is 0 Å². The first kappa shape index (κ1) is 13.9. The summed E-state index contributed by atoms with van der Waals surface area (Å²) in [5.41, 5.74) is 6.41. The van der Waals surface area contributed by atoms with Crippen molar-refractivity contribution in [3.63, 3.8) is 0 Å². The maximum Gasteiger partial charge on any atom is 0.262 e. The molecule has 4 nitrogen and oxygen atoms in total. The summed E-state index contributed by atoms with van der Waals surface area (Å²) in [7, 11) is 0. The molecule has 104 valence electrons. The molecule has 0 heterocycles. The van der Waals surface area contributed by atoms with E-state index in [1.807, 2.05) is 0 Å². The molecule has 0 bridgehead atoms. The monoisotopic (exact) mass is 274 g/mol. The van der Waals surface area contributed by atoms with Gasteiger partial charge in [0.25, 0.3) is 5.91 Å². The highest BCUT2D eigenvalue weighted by atomic mass is 19.1. The van der Waals surface area contributed by atoms with E-state index in [-0.39, 0.29) is 28.7 Å². The maximum absolute atomic E-state index is 12.9. The molecular weight excluding hydrogens is 259 g/mol. The number of carbonyl (C=O) groups excluding carboxylic acids is 1. The lowest BCUT2D eigenvalue weighted by atomic mass is 10.1. The number of rotatable bonds is 3. The van der Waals surface area contributed by atoms with Gasteiger partial charge in [0.2, 0.25) is 0 Å². The zero-order chi connectivity index (χ0) is 14.7. The maximum atomic E-state index is 12.9. The standard InChI is InChI=1S/C15H15FN2O2/c1-2-18(11-8-6-10(16)7-9-11)15(20)12-4-3-5-13(17)14(12)19/h3-9,19H,2,17H2,1H3. The van der Waals surface area contributed by atoms with Gasteiger partial charge in [0.1, 0.15) is 5.82 Å². The highest BCUT2D eigenvalue weighted by Gasteiger charge is 2.20. The highest BCUT2D eigenvalue weighted by Crippen LogP contribution is 2.27. The Labute approximate surface area is 116 Å². The number of anilines is 2. The molecule has 5 heteroatoms. The molecule has 0 radical (unpaired) electrons. The van der Waals surface area contributed by atoms with Crippen molar-refractivity contribution in [1.29, 1.82) is 0 Å². The van der Waals surface area contributed by atoms with Crippen molar-refractivity contribution >= 4 is 17.3 Å². The van der Waals surface area contributed by atoms with Crippen LogP contribution >= 0.6 is 0 Å². The van der Waals surface area contributed by atoms with Crippen molar-refractivity contribution in [2.24, 2.45) is 0 Å². The Hall–Kier alpha value is -2.56. The van der Waals surface area contributed by atoms with Crippen molar-refractivity contribution < 1.29 is 14.3 Å². The minimum absolute atomic E-state index is 0.121. The Morgan fingerprint density at radius 2 is 1.90 bits per heavy atom. The molecule has 1 amide bonds. The molecule has 0 spiro atoms. The Bertz CT molecular complexity index is 626. The number of carbonyl (C=O) groups is 1. The zero-order valence-corrected chi connectivity index (χ0v) is 11.0. The average Bonchev–Trinajstić information content (AvgIpc) is 2.44. The van der Waals surface area contributed by atoms with Crippen LogP contribution in [0.4, 0.5) is 15.8 Å². The molecule has 0 aliphatic carbocycles. The van der Waals surface area contributed by atoms with Crippen molar-refractivity contribution in [1.82, 2.24) is 0 Å². The van der Waals surface area contributed by atoms with Crippen LogP contribution < -0.4 is 10.6 Å². The summed E-state index contributed by atoms with van der Waals surface area (Å²) < 4.78 is 12.9. The minimum Gasteiger partial charge on any atom is -0.505 e. The predicted octanol–water partition coefficient (Wildman–Crippen LogP) is 2.78. The second-order valence-electron chi connectivity index (χ2n) is 4.27. The molecule has 0 fully saturated rings. The molecule has 2 aromatic carbocycles. The Kier molecular flexibility index (Phi) is 3.89. The van der Waals surface area contributed by atoms with E-state index in [4.69, 9.17) is 5.73 Å². The van der Waals surface area contributed by atoms with Crippen LogP contribution in [-0.2, 0) is 0 Å². The number of nitrogen functional groups attached to an aromatic ring is 1. The normalized spacial score (nSPS) is 10.3. The van der Waals surface area contributed by atoms with Gasteiger partial charge in [0, 0.05) is 12.2 Å². The van der Waals surface area contributed by atoms with E-state index in [2.05, 4.69) is 0 Å². The zero-order valence-electron chi connectivity index (χ0n) is 11.0. The van der Waals surface area contributed by atoms with Gasteiger partial charge in [-0.05, 0) is 43.3 Å². The number of para-hydroxylation sites is 1. The lowest BCUT2D eigenvalue weighted by molar-refractivity contribution is 0.0986. The van der Waals surface area contributed by atoms with Gasteiger partial charge in [-0.2, -0.15) is 0 Å². The summed E-state index contributed by atoms with van der Waals surface area (Å²) in [5.74, 6) is -0.994. The van der Waals surface area contributed by atoms with Gasteiger partial charge in [-0.25, -0.2) is 4.39 Å². The number of aromatic hydroxyl groups is 1. The average molecular weight is 274 g/mol. The summed E-state index contributed by atoms with van der Waals surface area (Å²) in [6.45, 7) is 2.18. The molecule has 0 saturated heterocycles. The number of nitrogens with two attached hydrogens (primary N) is 1. The van der Waals surface area contributed by atoms with Crippen molar-refractivity contribution in [2.75, 3.05) is 17.2 Å². The first-order valence-electron chi connectivity index (χ1n) is 6.19. The third-order valence-electron chi connectivity index (χ3n) is 3.00. The van der Waals surface area contributed by atoms with Gasteiger partial charge in [0.15, 0.2) is 5.75 Å². The molecular formula is C15H15FN2O2. The number of phenolic OH excluding ortho intramolecular Hbond substituents is 1. The van der Waals surface area contributed by atoms with Crippen LogP contribution in [0.25, 0.3) is 0 Å². The fourth-order valence-corrected chi connectivity index (χ4v) is 1.94. The number of benzene rings is 2. The Balaban J connectivity index is 2.39. The molecule has 2 rings (SSSR count). The van der Waals surface area contributed by atoms with Gasteiger partial charge in [0.05, 0.1) is 11.3 Å². The molecule has 20 heavy (non-hydrogen) atoms. The molecule has 0 aliphatic rings. The van der Waals surface area contributed by atoms with E-state index in [1.165, 1.54) is 41.3 Å². The fourth-order valence-electron chi connectivity index (χ4n) is 1.94. The summed E-state index contributed by atoms with van der Waals surface area (Å²) in [6.07, 6.45) is 0. The van der Waals surface area contributed by atoms with Crippen molar-refractivity contribution in [2.45, 2.75) is 6.92 Å². The molecule has 2 aromatic rings. The number of nitrogens with zero attached hydrogens (tertiary/aromatic N) is 1. The first-order chi connectivity index (χ1) is 9.54. The fraction of sp³-hybridized carbons (Fsp3) is 0.133. The SMILES string of the molecule is CCN(C(=O)c1cccc(N)c1O)c1ccc(F)cc1. The smallest absolute Gasteiger partial charge is 0.262 e. The quantitative estimate of drug-likeness (QED) is 0.668. The number of hydrogen-bond acceptors (Lipinski definition) is 3. The van der Waals surface area contributed by atoms with E-state index in [9.17, 15) is 14.3 Å². The van der Waals surface area contributed by atoms with Crippen LogP contribution in [0.1, 0.15) is 17.3 Å². The van der Waals surface area contributed by atoms with E-state index in [0.717, 1.165) is 0 Å². The van der Waals surface area contributed by atoms with Crippen LogP contribution in [0.15, 0.2) is 42.5 Å². The van der Waals surface area contributed by atoms with Crippen LogP contribution in [-0.4, -0.2) is 17.6 Å². The van der Waals surface area contributed by atoms with E-state index >= 15 is 0 Å².